The third-order valence-corrected chi connectivity index (χ3v) is 5.43. The molecule has 36 heavy (non-hydrogen) atoms. The Bertz CT molecular complexity index is 1430. The fraction of sp³-hybridized carbons (Fsp3) is 0.130. The number of nitrogens with zero attached hydrogens (tertiary/aromatic N) is 3. The van der Waals surface area contributed by atoms with E-state index < -0.39 is 29.7 Å². The van der Waals surface area contributed by atoms with Crippen molar-refractivity contribution in [3.63, 3.8) is 0 Å². The third kappa shape index (κ3) is 5.38. The van der Waals surface area contributed by atoms with Gasteiger partial charge in [-0.1, -0.05) is 17.7 Å². The summed E-state index contributed by atoms with van der Waals surface area (Å²) in [5.41, 5.74) is 0.340. The highest BCUT2D eigenvalue weighted by atomic mass is 35.5. The number of aliphatic carboxylic acids is 1. The number of amides is 1. The van der Waals surface area contributed by atoms with E-state index in [-0.39, 0.29) is 50.9 Å². The lowest BCUT2D eigenvalue weighted by Crippen LogP contribution is -2.17. The highest BCUT2D eigenvalue weighted by Gasteiger charge is 2.36. The second-order valence-electron chi connectivity index (χ2n) is 7.59. The van der Waals surface area contributed by atoms with Gasteiger partial charge in [-0.05, 0) is 48.4 Å². The van der Waals surface area contributed by atoms with Gasteiger partial charge in [-0.2, -0.15) is 0 Å². The average Bonchev–Trinajstić information content (AvgIpc) is 3.47. The molecule has 2 aromatic carbocycles. The van der Waals surface area contributed by atoms with Gasteiger partial charge in [0.2, 0.25) is 0 Å². The SMILES string of the molecule is O=C(O)CCc1ccc(NC(=O)c2cnc(-c3c(-c4ccc(F)cc4)ncn3C(F)(F)F)[nH]2)c(Cl)c1. The van der Waals surface area contributed by atoms with E-state index in [1.165, 1.54) is 24.3 Å². The molecule has 8 nitrogen and oxygen atoms in total. The molecule has 0 saturated heterocycles. The Morgan fingerprint density at radius 2 is 1.83 bits per heavy atom. The van der Waals surface area contributed by atoms with Crippen LogP contribution < -0.4 is 5.32 Å². The number of aromatic amines is 1. The third-order valence-electron chi connectivity index (χ3n) is 5.11. The maximum absolute atomic E-state index is 13.7. The first-order valence-electron chi connectivity index (χ1n) is 10.3. The number of alkyl halides is 3. The second kappa shape index (κ2) is 9.82. The number of rotatable bonds is 7. The molecule has 1 amide bonds. The first kappa shape index (κ1) is 24.9. The van der Waals surface area contributed by atoms with Gasteiger partial charge in [-0.25, -0.2) is 18.9 Å². The van der Waals surface area contributed by atoms with E-state index in [9.17, 15) is 27.2 Å². The van der Waals surface area contributed by atoms with E-state index in [2.05, 4.69) is 20.3 Å². The number of hydrogen-bond acceptors (Lipinski definition) is 4. The van der Waals surface area contributed by atoms with Crippen LogP contribution in [0.5, 0.6) is 0 Å². The highest BCUT2D eigenvalue weighted by molar-refractivity contribution is 6.34. The molecule has 0 aliphatic heterocycles. The molecule has 0 unspecified atom stereocenters. The number of aromatic nitrogens is 4. The number of halogens is 5. The summed E-state index contributed by atoms with van der Waals surface area (Å²) in [5, 5.41) is 11.5. The number of aryl methyl sites for hydroxylation is 1. The van der Waals surface area contributed by atoms with Crippen LogP contribution in [0.1, 0.15) is 22.5 Å². The van der Waals surface area contributed by atoms with Crippen LogP contribution in [0.15, 0.2) is 55.0 Å². The zero-order valence-electron chi connectivity index (χ0n) is 18.1. The number of carboxylic acids is 1. The summed E-state index contributed by atoms with van der Waals surface area (Å²) in [6.45, 7) is 0. The Hall–Kier alpha value is -4.19. The molecule has 2 aromatic heterocycles. The Morgan fingerprint density at radius 1 is 1.11 bits per heavy atom. The number of H-pyrrole nitrogens is 1. The molecule has 0 aliphatic rings. The van der Waals surface area contributed by atoms with Crippen LogP contribution in [0.25, 0.3) is 22.8 Å². The Kier molecular flexibility index (Phi) is 6.80. The molecule has 13 heteroatoms. The molecular formula is C23H16ClF4N5O3. The summed E-state index contributed by atoms with van der Waals surface area (Å²) in [7, 11) is 0. The maximum atomic E-state index is 13.7. The normalized spacial score (nSPS) is 11.5. The Morgan fingerprint density at radius 3 is 2.47 bits per heavy atom. The maximum Gasteiger partial charge on any atom is 0.490 e. The van der Waals surface area contributed by atoms with Gasteiger partial charge in [0, 0.05) is 12.0 Å². The Labute approximate surface area is 205 Å². The fourth-order valence-electron chi connectivity index (χ4n) is 3.40. The average molecular weight is 522 g/mol. The minimum absolute atomic E-state index is 0.0566. The van der Waals surface area contributed by atoms with Crippen molar-refractivity contribution in [2.24, 2.45) is 0 Å². The van der Waals surface area contributed by atoms with Gasteiger partial charge in [0.25, 0.3) is 5.91 Å². The van der Waals surface area contributed by atoms with Gasteiger partial charge in [0.15, 0.2) is 5.82 Å². The molecule has 4 aromatic rings. The van der Waals surface area contributed by atoms with Gasteiger partial charge in [-0.3, -0.25) is 9.59 Å². The van der Waals surface area contributed by atoms with Crippen molar-refractivity contribution in [1.29, 1.82) is 0 Å². The topological polar surface area (TPSA) is 113 Å². The predicted octanol–water partition coefficient (Wildman–Crippen LogP) is 5.48. The molecule has 186 valence electrons. The van der Waals surface area contributed by atoms with Crippen LogP contribution in [0.3, 0.4) is 0 Å². The van der Waals surface area contributed by atoms with Gasteiger partial charge in [0.1, 0.15) is 23.5 Å². The number of carbonyl (C=O) groups is 2. The lowest BCUT2D eigenvalue weighted by molar-refractivity contribution is -0.202. The van der Waals surface area contributed by atoms with Crippen molar-refractivity contribution in [2.45, 2.75) is 19.1 Å². The smallest absolute Gasteiger partial charge is 0.481 e. The lowest BCUT2D eigenvalue weighted by Gasteiger charge is -2.11. The summed E-state index contributed by atoms with van der Waals surface area (Å²) in [5.74, 6) is -2.55. The first-order valence-corrected chi connectivity index (χ1v) is 10.7. The predicted molar refractivity (Wildman–Crippen MR) is 122 cm³/mol. The molecule has 3 N–H and O–H groups in total. The molecule has 0 spiro atoms. The van der Waals surface area contributed by atoms with Crippen molar-refractivity contribution in [3.8, 4) is 22.8 Å². The van der Waals surface area contributed by atoms with Crippen LogP contribution in [-0.4, -0.2) is 36.5 Å². The summed E-state index contributed by atoms with van der Waals surface area (Å²) in [4.78, 5) is 33.8. The van der Waals surface area contributed by atoms with Crippen molar-refractivity contribution >= 4 is 29.2 Å². The number of anilines is 1. The van der Waals surface area contributed by atoms with Gasteiger partial charge in [0.05, 0.1) is 22.6 Å². The number of imidazole rings is 2. The van der Waals surface area contributed by atoms with E-state index in [1.54, 1.807) is 6.07 Å². The van der Waals surface area contributed by atoms with Gasteiger partial charge in [-0.15, -0.1) is 13.2 Å². The van der Waals surface area contributed by atoms with E-state index in [4.69, 9.17) is 16.7 Å². The molecule has 0 fully saturated rings. The number of nitrogens with one attached hydrogen (secondary N) is 2. The number of hydrogen-bond donors (Lipinski definition) is 3. The van der Waals surface area contributed by atoms with E-state index in [0.717, 1.165) is 18.3 Å². The fourth-order valence-corrected chi connectivity index (χ4v) is 3.65. The van der Waals surface area contributed by atoms with Crippen LogP contribution in [0.2, 0.25) is 5.02 Å². The van der Waals surface area contributed by atoms with E-state index >= 15 is 0 Å². The van der Waals surface area contributed by atoms with Crippen molar-refractivity contribution in [2.75, 3.05) is 5.32 Å². The van der Waals surface area contributed by atoms with E-state index in [1.807, 2.05) is 0 Å². The quantitative estimate of drug-likeness (QED) is 0.279. The van der Waals surface area contributed by atoms with Crippen LogP contribution >= 0.6 is 11.6 Å². The minimum atomic E-state index is -4.84. The second-order valence-corrected chi connectivity index (χ2v) is 8.00. The summed E-state index contributed by atoms with van der Waals surface area (Å²) in [6, 6.07) is 9.32. The number of benzene rings is 2. The molecule has 0 bridgehead atoms. The van der Waals surface area contributed by atoms with Crippen molar-refractivity contribution in [1.82, 2.24) is 19.5 Å². The molecule has 0 atom stereocenters. The molecule has 2 heterocycles. The van der Waals surface area contributed by atoms with Gasteiger partial charge >= 0.3 is 12.3 Å². The van der Waals surface area contributed by atoms with Crippen LogP contribution in [0, 0.1) is 5.82 Å². The standard InChI is InChI=1S/C23H16ClF4N5O3/c24-15-9-12(2-8-18(34)35)1-7-16(15)32-22(36)17-10-29-21(31-17)20-19(13-3-5-14(25)6-4-13)30-11-33(20)23(26,27)28/h1,3-7,9-11H,2,8H2,(H,29,31)(H,32,36)(H,34,35). The minimum Gasteiger partial charge on any atom is -0.481 e. The van der Waals surface area contributed by atoms with E-state index in [0.29, 0.717) is 11.9 Å². The highest BCUT2D eigenvalue weighted by Crippen LogP contribution is 2.35. The molecule has 0 saturated carbocycles. The molecule has 0 radical (unpaired) electrons. The van der Waals surface area contributed by atoms with Crippen LogP contribution in [-0.2, 0) is 17.5 Å². The van der Waals surface area contributed by atoms with Gasteiger partial charge < -0.3 is 15.4 Å². The molecular weight excluding hydrogens is 506 g/mol. The summed E-state index contributed by atoms with van der Waals surface area (Å²) < 4.78 is 54.2. The zero-order valence-corrected chi connectivity index (χ0v) is 18.9. The van der Waals surface area contributed by atoms with Crippen LogP contribution in [0.4, 0.5) is 23.2 Å². The summed E-state index contributed by atoms with van der Waals surface area (Å²) in [6.07, 6.45) is -3.06. The zero-order chi connectivity index (χ0) is 26.0. The monoisotopic (exact) mass is 521 g/mol. The van der Waals surface area contributed by atoms with Crippen molar-refractivity contribution in [3.05, 3.63) is 77.1 Å². The Balaban J connectivity index is 1.62. The number of carbonyl (C=O) groups excluding carboxylic acids is 1. The number of carboxylic acid groups (broad SMARTS) is 1. The first-order chi connectivity index (χ1) is 17.0. The van der Waals surface area contributed by atoms with Crippen molar-refractivity contribution < 1.29 is 32.3 Å². The largest absolute Gasteiger partial charge is 0.490 e. The summed E-state index contributed by atoms with van der Waals surface area (Å²) >= 11 is 6.18. The molecule has 0 aliphatic carbocycles. The molecule has 4 rings (SSSR count). The lowest BCUT2D eigenvalue weighted by atomic mass is 10.1.